The molecule has 15 heteroatoms. The Morgan fingerprint density at radius 2 is 1.51 bits per heavy atom. The fourth-order valence-electron chi connectivity index (χ4n) is 4.83. The second-order valence-corrected chi connectivity index (χ2v) is 16.5. The largest absolute Gasteiger partial charge is 0.459 e. The van der Waals surface area contributed by atoms with Crippen LogP contribution < -0.4 is 9.21 Å². The van der Waals surface area contributed by atoms with E-state index in [9.17, 15) is 18.0 Å². The van der Waals surface area contributed by atoms with Gasteiger partial charge < -0.3 is 14.4 Å². The maximum absolute atomic E-state index is 14.0. The van der Waals surface area contributed by atoms with Crippen molar-refractivity contribution in [2.75, 3.05) is 42.9 Å². The van der Waals surface area contributed by atoms with Gasteiger partial charge in [-0.1, -0.05) is 23.2 Å². The van der Waals surface area contributed by atoms with Crippen molar-refractivity contribution in [3.05, 3.63) is 70.6 Å². The maximum atomic E-state index is 14.0. The lowest BCUT2D eigenvalue weighted by molar-refractivity contribution is -0.152. The zero-order chi connectivity index (χ0) is 36.5. The van der Waals surface area contributed by atoms with Gasteiger partial charge in [-0.15, -0.1) is 0 Å². The summed E-state index contributed by atoms with van der Waals surface area (Å²) < 4.78 is 41.9. The summed E-state index contributed by atoms with van der Waals surface area (Å²) in [5, 5.41) is 0.967. The Morgan fingerprint density at radius 1 is 0.878 bits per heavy atom. The first-order valence-corrected chi connectivity index (χ1v) is 17.6. The van der Waals surface area contributed by atoms with Gasteiger partial charge in [0.25, 0.3) is 10.0 Å². The first-order chi connectivity index (χ1) is 22.6. The Bertz CT molecular complexity index is 1930. The first kappa shape index (κ1) is 37.9. The molecular weight excluding hydrogens is 691 g/mol. The van der Waals surface area contributed by atoms with Crippen LogP contribution in [0.1, 0.15) is 47.1 Å². The zero-order valence-electron chi connectivity index (χ0n) is 29.1. The van der Waals surface area contributed by atoms with Gasteiger partial charge in [-0.05, 0) is 105 Å². The summed E-state index contributed by atoms with van der Waals surface area (Å²) >= 11 is 12.3. The van der Waals surface area contributed by atoms with E-state index in [-0.39, 0.29) is 20.6 Å². The third kappa shape index (κ3) is 9.62. The number of rotatable bonds is 10. The molecule has 2 heterocycles. The third-order valence-electron chi connectivity index (χ3n) is 6.92. The van der Waals surface area contributed by atoms with Gasteiger partial charge in [-0.3, -0.25) is 18.6 Å². The van der Waals surface area contributed by atoms with Crippen molar-refractivity contribution in [2.45, 2.75) is 64.6 Å². The summed E-state index contributed by atoms with van der Waals surface area (Å²) in [6.07, 6.45) is 4.38. The van der Waals surface area contributed by atoms with Gasteiger partial charge in [-0.25, -0.2) is 23.2 Å². The fraction of sp³-hybridized carbons (Fsp3) is 0.412. The molecule has 0 bridgehead atoms. The lowest BCUT2D eigenvalue weighted by Gasteiger charge is -2.27. The Kier molecular flexibility index (Phi) is 11.2. The molecule has 4 rings (SSSR count). The highest BCUT2D eigenvalue weighted by Gasteiger charge is 2.31. The summed E-state index contributed by atoms with van der Waals surface area (Å²) in [6, 6.07) is 8.99. The van der Waals surface area contributed by atoms with Gasteiger partial charge in [-0.2, -0.15) is 0 Å². The summed E-state index contributed by atoms with van der Waals surface area (Å²) in [4.78, 5) is 38.4. The number of sulfonamides is 1. The van der Waals surface area contributed by atoms with Gasteiger partial charge >= 0.3 is 12.1 Å². The zero-order valence-corrected chi connectivity index (χ0v) is 31.4. The second kappa shape index (κ2) is 14.5. The van der Waals surface area contributed by atoms with E-state index < -0.39 is 39.8 Å². The summed E-state index contributed by atoms with van der Waals surface area (Å²) in [5.41, 5.74) is 0.219. The minimum atomic E-state index is -4.33. The van der Waals surface area contributed by atoms with E-state index in [0.29, 0.717) is 35.6 Å². The number of hydrogen-bond acceptors (Lipinski definition) is 9. The van der Waals surface area contributed by atoms with Crippen molar-refractivity contribution in [1.29, 1.82) is 0 Å². The van der Waals surface area contributed by atoms with Crippen LogP contribution in [0, 0.1) is 6.92 Å². The highest BCUT2D eigenvalue weighted by Crippen LogP contribution is 2.33. The van der Waals surface area contributed by atoms with Crippen molar-refractivity contribution >= 4 is 67.7 Å². The topological polar surface area (TPSA) is 127 Å². The average Bonchev–Trinajstić information content (AvgIpc) is 3.29. The molecule has 0 saturated heterocycles. The fourth-order valence-corrected chi connectivity index (χ4v) is 6.96. The molecule has 264 valence electrons. The molecule has 49 heavy (non-hydrogen) atoms. The number of nitrogens with zero attached hydrogens (tertiary/aromatic N) is 6. The van der Waals surface area contributed by atoms with E-state index >= 15 is 0 Å². The SMILES string of the molecule is Cc1cn(-c2cnc(N(CCN(C)C)C(=O)OC(C)(C)C)cn2)c2ccc(N(CC(=O)OC(C)(C)C)S(=O)(=O)c3cc(Cl)cc(Cl)c3)cc12. The summed E-state index contributed by atoms with van der Waals surface area (Å²) in [7, 11) is -0.512. The lowest BCUT2D eigenvalue weighted by atomic mass is 10.1. The molecule has 0 atom stereocenters. The van der Waals surface area contributed by atoms with Crippen LogP contribution in [0.25, 0.3) is 16.7 Å². The van der Waals surface area contributed by atoms with Crippen LogP contribution in [-0.4, -0.2) is 84.8 Å². The molecule has 0 fully saturated rings. The Labute approximate surface area is 297 Å². The van der Waals surface area contributed by atoms with Gasteiger partial charge in [0.2, 0.25) is 0 Å². The predicted molar refractivity (Wildman–Crippen MR) is 193 cm³/mol. The number of halogens is 2. The lowest BCUT2D eigenvalue weighted by Crippen LogP contribution is -2.41. The van der Waals surface area contributed by atoms with E-state index in [2.05, 4.69) is 9.97 Å². The third-order valence-corrected chi connectivity index (χ3v) is 9.11. The minimum Gasteiger partial charge on any atom is -0.459 e. The number of carbonyl (C=O) groups excluding carboxylic acids is 2. The molecule has 0 radical (unpaired) electrons. The van der Waals surface area contributed by atoms with Crippen LogP contribution in [-0.2, 0) is 24.3 Å². The number of carbonyl (C=O) groups is 2. The molecule has 0 saturated carbocycles. The molecule has 0 aliphatic carbocycles. The minimum absolute atomic E-state index is 0.130. The Hall–Kier alpha value is -3.91. The number of amides is 1. The van der Waals surface area contributed by atoms with Crippen molar-refractivity contribution in [2.24, 2.45) is 0 Å². The smallest absolute Gasteiger partial charge is 0.416 e. The molecule has 0 aliphatic heterocycles. The molecule has 2 aromatic heterocycles. The standard InChI is InChI=1S/C34H42Cl2N6O6S/c1-22-20-41(30-19-37-29(18-38-30)40(13-12-39(8)9)32(44)48-34(5,6)7)28-11-10-25(17-27(22)28)42(21-31(43)47-33(2,3)4)49(45,46)26-15-23(35)14-24(36)16-26/h10-11,14-20H,12-13,21H2,1-9H3. The van der Waals surface area contributed by atoms with E-state index in [4.69, 9.17) is 32.7 Å². The van der Waals surface area contributed by atoms with E-state index in [1.165, 1.54) is 29.3 Å². The number of ether oxygens (including phenoxy) is 2. The highest BCUT2D eigenvalue weighted by atomic mass is 35.5. The number of esters is 1. The molecule has 0 aliphatic rings. The molecule has 12 nitrogen and oxygen atoms in total. The van der Waals surface area contributed by atoms with Crippen molar-refractivity contribution in [3.8, 4) is 5.82 Å². The van der Waals surface area contributed by atoms with Gasteiger partial charge in [0, 0.05) is 34.7 Å². The maximum Gasteiger partial charge on any atom is 0.416 e. The molecule has 0 N–H and O–H groups in total. The van der Waals surface area contributed by atoms with Crippen molar-refractivity contribution in [1.82, 2.24) is 19.4 Å². The highest BCUT2D eigenvalue weighted by molar-refractivity contribution is 7.92. The summed E-state index contributed by atoms with van der Waals surface area (Å²) in [5.74, 6) is 0.0672. The monoisotopic (exact) mass is 732 g/mol. The van der Waals surface area contributed by atoms with Crippen molar-refractivity contribution in [3.63, 3.8) is 0 Å². The number of benzene rings is 2. The van der Waals surface area contributed by atoms with Crippen LogP contribution >= 0.6 is 23.2 Å². The van der Waals surface area contributed by atoms with E-state index in [0.717, 1.165) is 9.87 Å². The second-order valence-electron chi connectivity index (χ2n) is 13.8. The number of likely N-dealkylation sites (N-methyl/N-ethyl adjacent to an activating group) is 1. The van der Waals surface area contributed by atoms with Gasteiger partial charge in [0.15, 0.2) is 11.6 Å². The Balaban J connectivity index is 1.74. The molecule has 1 amide bonds. The number of aromatic nitrogens is 3. The Morgan fingerprint density at radius 3 is 2.06 bits per heavy atom. The summed E-state index contributed by atoms with van der Waals surface area (Å²) in [6.45, 7) is 12.7. The van der Waals surface area contributed by atoms with Crippen LogP contribution in [0.4, 0.5) is 16.3 Å². The van der Waals surface area contributed by atoms with Gasteiger partial charge in [0.1, 0.15) is 17.7 Å². The van der Waals surface area contributed by atoms with Crippen LogP contribution in [0.2, 0.25) is 10.0 Å². The molecule has 0 unspecified atom stereocenters. The number of fused-ring (bicyclic) bond motifs is 1. The van der Waals surface area contributed by atoms with Crippen molar-refractivity contribution < 1.29 is 27.5 Å². The molecular formula is C34H42Cl2N6O6S. The predicted octanol–water partition coefficient (Wildman–Crippen LogP) is 6.88. The number of hydrogen-bond donors (Lipinski definition) is 0. The van der Waals surface area contributed by atoms with Crippen LogP contribution in [0.5, 0.6) is 0 Å². The van der Waals surface area contributed by atoms with Crippen LogP contribution in [0.3, 0.4) is 0 Å². The number of aryl methyl sites for hydroxylation is 1. The normalized spacial score (nSPS) is 12.3. The number of anilines is 2. The van der Waals surface area contributed by atoms with E-state index in [1.807, 2.05) is 36.7 Å². The molecule has 2 aromatic carbocycles. The van der Waals surface area contributed by atoms with E-state index in [1.54, 1.807) is 65.9 Å². The van der Waals surface area contributed by atoms with Crippen LogP contribution in [0.15, 0.2) is 59.9 Å². The molecule has 4 aromatic rings. The van der Waals surface area contributed by atoms with Gasteiger partial charge in [0.05, 0.1) is 28.5 Å². The molecule has 0 spiro atoms. The quantitative estimate of drug-likeness (QED) is 0.160. The average molecular weight is 734 g/mol. The first-order valence-electron chi connectivity index (χ1n) is 15.4.